The number of urea groups is 1. The zero-order chi connectivity index (χ0) is 17.2. The van der Waals surface area contributed by atoms with Gasteiger partial charge in [0.15, 0.2) is 6.61 Å². The summed E-state index contributed by atoms with van der Waals surface area (Å²) in [6.45, 7) is -0.521. The number of primary amides is 1. The third kappa shape index (κ3) is 7.50. The van der Waals surface area contributed by atoms with E-state index < -0.39 is 36.4 Å². The molecule has 0 aliphatic carbocycles. The molecular weight excluding hydrogens is 325 g/mol. The summed E-state index contributed by atoms with van der Waals surface area (Å²) in [6, 6.07) is 3.39. The summed E-state index contributed by atoms with van der Waals surface area (Å²) in [5.41, 5.74) is 5.38. The lowest BCUT2D eigenvalue weighted by Crippen LogP contribution is -2.45. The van der Waals surface area contributed by atoms with Gasteiger partial charge < -0.3 is 21.1 Å². The molecule has 0 aromatic heterocycles. The second kappa shape index (κ2) is 9.67. The van der Waals surface area contributed by atoms with E-state index in [-0.39, 0.29) is 0 Å². The van der Waals surface area contributed by atoms with Gasteiger partial charge in [0, 0.05) is 5.69 Å². The Kier molecular flexibility index (Phi) is 7.89. The third-order valence-electron chi connectivity index (χ3n) is 2.69. The molecule has 7 nitrogen and oxygen atoms in total. The highest BCUT2D eigenvalue weighted by Gasteiger charge is 2.21. The van der Waals surface area contributed by atoms with E-state index in [0.717, 1.165) is 0 Å². The minimum atomic E-state index is -0.904. The molecule has 0 spiro atoms. The maximum absolute atomic E-state index is 12.7. The summed E-state index contributed by atoms with van der Waals surface area (Å²) >= 11 is 1.49. The van der Waals surface area contributed by atoms with Gasteiger partial charge in [-0.05, 0) is 42.7 Å². The molecule has 9 heteroatoms. The minimum Gasteiger partial charge on any atom is -0.454 e. The number of thioether (sulfide) groups is 1. The van der Waals surface area contributed by atoms with Crippen LogP contribution in [0.25, 0.3) is 0 Å². The number of benzene rings is 1. The number of nitrogens with one attached hydrogen (secondary N) is 2. The molecule has 1 rings (SSSR count). The highest BCUT2D eigenvalue weighted by molar-refractivity contribution is 7.98. The zero-order valence-electron chi connectivity index (χ0n) is 12.5. The first-order chi connectivity index (χ1) is 10.9. The Balaban J connectivity index is 2.46. The quantitative estimate of drug-likeness (QED) is 0.612. The number of amides is 3. The lowest BCUT2D eigenvalue weighted by molar-refractivity contribution is -0.149. The van der Waals surface area contributed by atoms with Crippen LogP contribution >= 0.6 is 11.8 Å². The van der Waals surface area contributed by atoms with Crippen LogP contribution in [0.3, 0.4) is 0 Å². The van der Waals surface area contributed by atoms with E-state index in [4.69, 9.17) is 10.5 Å². The van der Waals surface area contributed by atoms with Gasteiger partial charge in [-0.1, -0.05) is 0 Å². The van der Waals surface area contributed by atoms with Crippen LogP contribution in [0.1, 0.15) is 6.42 Å². The van der Waals surface area contributed by atoms with Crippen LogP contribution in [0.4, 0.5) is 14.9 Å². The van der Waals surface area contributed by atoms with Gasteiger partial charge in [0.2, 0.25) is 0 Å². The lowest BCUT2D eigenvalue weighted by atomic mass is 10.2. The van der Waals surface area contributed by atoms with Crippen molar-refractivity contribution in [3.05, 3.63) is 30.1 Å². The van der Waals surface area contributed by atoms with Gasteiger partial charge in [-0.15, -0.1) is 0 Å². The van der Waals surface area contributed by atoms with Gasteiger partial charge in [-0.3, -0.25) is 4.79 Å². The fraction of sp³-hybridized carbons (Fsp3) is 0.357. The van der Waals surface area contributed by atoms with Crippen LogP contribution in [0.15, 0.2) is 24.3 Å². The van der Waals surface area contributed by atoms with E-state index in [1.165, 1.54) is 36.0 Å². The van der Waals surface area contributed by atoms with Crippen LogP contribution in [0.5, 0.6) is 0 Å². The number of nitrogens with two attached hydrogens (primary N) is 1. The van der Waals surface area contributed by atoms with Crippen LogP contribution in [-0.2, 0) is 14.3 Å². The predicted octanol–water partition coefficient (Wildman–Crippen LogP) is 1.10. The molecule has 0 heterocycles. The summed E-state index contributed by atoms with van der Waals surface area (Å²) < 4.78 is 17.6. The van der Waals surface area contributed by atoms with E-state index in [1.807, 2.05) is 6.26 Å². The van der Waals surface area contributed by atoms with Gasteiger partial charge in [0.05, 0.1) is 0 Å². The molecule has 0 saturated heterocycles. The number of rotatable bonds is 8. The zero-order valence-corrected chi connectivity index (χ0v) is 13.3. The average molecular weight is 343 g/mol. The molecule has 0 radical (unpaired) electrons. The van der Waals surface area contributed by atoms with E-state index >= 15 is 0 Å². The number of hydrogen-bond acceptors (Lipinski definition) is 5. The Morgan fingerprint density at radius 3 is 2.52 bits per heavy atom. The van der Waals surface area contributed by atoms with E-state index in [0.29, 0.717) is 17.9 Å². The maximum Gasteiger partial charge on any atom is 0.329 e. The Morgan fingerprint density at radius 2 is 1.96 bits per heavy atom. The Bertz CT molecular complexity index is 553. The fourth-order valence-corrected chi connectivity index (χ4v) is 2.10. The number of halogens is 1. The SMILES string of the molecule is CSCC[C@@H](NC(N)=O)C(=O)OCC(=O)Nc1ccc(F)cc1. The topological polar surface area (TPSA) is 111 Å². The molecule has 0 saturated carbocycles. The minimum absolute atomic E-state index is 0.336. The first-order valence-corrected chi connectivity index (χ1v) is 8.08. The number of carbonyl (C=O) groups excluding carboxylic acids is 3. The van der Waals surface area contributed by atoms with Crippen molar-refractivity contribution in [1.29, 1.82) is 0 Å². The molecule has 0 bridgehead atoms. The molecule has 1 atom stereocenters. The molecule has 126 valence electrons. The second-order valence-electron chi connectivity index (χ2n) is 4.51. The van der Waals surface area contributed by atoms with Crippen molar-refractivity contribution in [2.45, 2.75) is 12.5 Å². The number of esters is 1. The Hall–Kier alpha value is -2.29. The number of carbonyl (C=O) groups is 3. The summed E-state index contributed by atoms with van der Waals surface area (Å²) in [7, 11) is 0. The van der Waals surface area contributed by atoms with Gasteiger partial charge in [0.25, 0.3) is 5.91 Å². The molecule has 0 aliphatic rings. The molecule has 0 fully saturated rings. The van der Waals surface area contributed by atoms with Crippen LogP contribution in [-0.4, -0.2) is 42.6 Å². The highest BCUT2D eigenvalue weighted by atomic mass is 32.2. The lowest BCUT2D eigenvalue weighted by Gasteiger charge is -2.15. The van der Waals surface area contributed by atoms with Crippen LogP contribution in [0, 0.1) is 5.82 Å². The van der Waals surface area contributed by atoms with Gasteiger partial charge in [0.1, 0.15) is 11.9 Å². The smallest absolute Gasteiger partial charge is 0.329 e. The fourth-order valence-electron chi connectivity index (χ4n) is 1.62. The molecule has 1 aromatic carbocycles. The van der Waals surface area contributed by atoms with Gasteiger partial charge in [-0.25, -0.2) is 14.0 Å². The normalized spacial score (nSPS) is 11.4. The van der Waals surface area contributed by atoms with Crippen molar-refractivity contribution in [1.82, 2.24) is 5.32 Å². The van der Waals surface area contributed by atoms with E-state index in [1.54, 1.807) is 0 Å². The summed E-state index contributed by atoms with van der Waals surface area (Å²) in [5.74, 6) is -1.13. The summed E-state index contributed by atoms with van der Waals surface area (Å²) in [6.07, 6.45) is 2.19. The van der Waals surface area contributed by atoms with Crippen molar-refractivity contribution >= 4 is 35.4 Å². The van der Waals surface area contributed by atoms with Crippen molar-refractivity contribution in [2.24, 2.45) is 5.73 Å². The Morgan fingerprint density at radius 1 is 1.30 bits per heavy atom. The summed E-state index contributed by atoms with van der Waals surface area (Å²) in [5, 5.41) is 4.72. The monoisotopic (exact) mass is 343 g/mol. The molecule has 0 unspecified atom stereocenters. The standard InChI is InChI=1S/C14H18FN3O4S/c1-23-7-6-11(18-14(16)21)13(20)22-8-12(19)17-10-4-2-9(15)3-5-10/h2-5,11H,6-8H2,1H3,(H,17,19)(H3,16,18,21)/t11-/m1/s1. The first-order valence-electron chi connectivity index (χ1n) is 6.69. The van der Waals surface area contributed by atoms with Crippen LogP contribution in [0.2, 0.25) is 0 Å². The molecule has 0 aliphatic heterocycles. The van der Waals surface area contributed by atoms with Crippen molar-refractivity contribution in [3.8, 4) is 0 Å². The van der Waals surface area contributed by atoms with Gasteiger partial charge in [-0.2, -0.15) is 11.8 Å². The molecule has 3 amide bonds. The number of hydrogen-bond donors (Lipinski definition) is 3. The molecule has 4 N–H and O–H groups in total. The number of ether oxygens (including phenoxy) is 1. The second-order valence-corrected chi connectivity index (χ2v) is 5.49. The molecular formula is C14H18FN3O4S. The predicted molar refractivity (Wildman–Crippen MR) is 85.5 cm³/mol. The van der Waals surface area contributed by atoms with E-state index in [9.17, 15) is 18.8 Å². The maximum atomic E-state index is 12.7. The Labute approximate surface area is 137 Å². The summed E-state index contributed by atoms with van der Waals surface area (Å²) in [4.78, 5) is 34.4. The van der Waals surface area contributed by atoms with Crippen LogP contribution < -0.4 is 16.4 Å². The van der Waals surface area contributed by atoms with Crippen molar-refractivity contribution in [3.63, 3.8) is 0 Å². The number of anilines is 1. The third-order valence-corrected chi connectivity index (χ3v) is 3.33. The molecule has 23 heavy (non-hydrogen) atoms. The largest absolute Gasteiger partial charge is 0.454 e. The highest BCUT2D eigenvalue weighted by Crippen LogP contribution is 2.08. The first kappa shape index (κ1) is 18.8. The molecule has 1 aromatic rings. The van der Waals surface area contributed by atoms with Crippen molar-refractivity contribution < 1.29 is 23.5 Å². The average Bonchev–Trinajstić information content (AvgIpc) is 2.51. The van der Waals surface area contributed by atoms with E-state index in [2.05, 4.69) is 10.6 Å². The van der Waals surface area contributed by atoms with Crippen molar-refractivity contribution in [2.75, 3.05) is 23.9 Å². The van der Waals surface area contributed by atoms with Gasteiger partial charge >= 0.3 is 12.0 Å².